The van der Waals surface area contributed by atoms with Crippen LogP contribution in [0.25, 0.3) is 10.9 Å². The number of anilines is 1. The van der Waals surface area contributed by atoms with Crippen molar-refractivity contribution in [2.24, 2.45) is 0 Å². The zero-order chi connectivity index (χ0) is 20.4. The number of aromatic carboxylic acids is 1. The summed E-state index contributed by atoms with van der Waals surface area (Å²) in [5, 5.41) is 9.57. The van der Waals surface area contributed by atoms with Crippen LogP contribution < -0.4 is 19.9 Å². The van der Waals surface area contributed by atoms with Crippen LogP contribution in [0.2, 0.25) is 0 Å². The number of carbonyl (C=O) groups is 1. The molecular formula is C20H21N3O5. The van der Waals surface area contributed by atoms with Crippen LogP contribution in [0, 0.1) is 6.92 Å². The predicted octanol–water partition coefficient (Wildman–Crippen LogP) is 2.58. The number of H-pyrrole nitrogens is 1. The lowest BCUT2D eigenvalue weighted by molar-refractivity contribution is 0.0696. The highest BCUT2D eigenvalue weighted by atomic mass is 16.5. The Morgan fingerprint density at radius 2 is 2.00 bits per heavy atom. The molecule has 0 fully saturated rings. The van der Waals surface area contributed by atoms with Crippen molar-refractivity contribution < 1.29 is 19.4 Å². The molecule has 3 rings (SSSR count). The summed E-state index contributed by atoms with van der Waals surface area (Å²) in [4.78, 5) is 32.9. The first-order valence-electron chi connectivity index (χ1n) is 8.54. The lowest BCUT2D eigenvalue weighted by atomic mass is 10.1. The third-order valence-corrected chi connectivity index (χ3v) is 4.52. The average molecular weight is 383 g/mol. The number of fused-ring (bicyclic) bond motifs is 1. The molecule has 0 unspecified atom stereocenters. The molecule has 0 aliphatic heterocycles. The van der Waals surface area contributed by atoms with Crippen molar-refractivity contribution in [1.82, 2.24) is 9.97 Å². The molecule has 0 radical (unpaired) electrons. The average Bonchev–Trinajstić information content (AvgIpc) is 2.67. The number of methoxy groups -OCH3 is 2. The SMILES string of the molecule is COc1cc2nc(N(C)Cc3cccc(C(=O)O)c3)[nH]c(=O)c2c(C)c1OC. The summed E-state index contributed by atoms with van der Waals surface area (Å²) < 4.78 is 10.7. The molecule has 0 aliphatic rings. The van der Waals surface area contributed by atoms with Gasteiger partial charge in [0.25, 0.3) is 5.56 Å². The molecular weight excluding hydrogens is 362 g/mol. The number of carboxylic acid groups (broad SMARTS) is 1. The number of carboxylic acids is 1. The van der Waals surface area contributed by atoms with Crippen molar-refractivity contribution in [1.29, 1.82) is 0 Å². The maximum atomic E-state index is 12.7. The van der Waals surface area contributed by atoms with Crippen LogP contribution in [-0.4, -0.2) is 42.3 Å². The van der Waals surface area contributed by atoms with Crippen LogP contribution in [0.3, 0.4) is 0 Å². The van der Waals surface area contributed by atoms with Crippen molar-refractivity contribution >= 4 is 22.8 Å². The van der Waals surface area contributed by atoms with Crippen LogP contribution in [0.1, 0.15) is 21.5 Å². The third kappa shape index (κ3) is 3.48. The highest BCUT2D eigenvalue weighted by molar-refractivity contribution is 5.88. The zero-order valence-corrected chi connectivity index (χ0v) is 16.1. The van der Waals surface area contributed by atoms with Crippen LogP contribution in [0.15, 0.2) is 35.1 Å². The second-order valence-corrected chi connectivity index (χ2v) is 6.38. The van der Waals surface area contributed by atoms with Gasteiger partial charge in [-0.25, -0.2) is 9.78 Å². The minimum Gasteiger partial charge on any atom is -0.493 e. The molecule has 2 N–H and O–H groups in total. The smallest absolute Gasteiger partial charge is 0.335 e. The van der Waals surface area contributed by atoms with E-state index < -0.39 is 5.97 Å². The Bertz CT molecular complexity index is 1110. The first-order chi connectivity index (χ1) is 13.3. The Morgan fingerprint density at radius 3 is 2.64 bits per heavy atom. The molecule has 3 aromatic rings. The maximum Gasteiger partial charge on any atom is 0.335 e. The van der Waals surface area contributed by atoms with Crippen LogP contribution in [-0.2, 0) is 6.54 Å². The largest absolute Gasteiger partial charge is 0.493 e. The highest BCUT2D eigenvalue weighted by Gasteiger charge is 2.17. The summed E-state index contributed by atoms with van der Waals surface area (Å²) >= 11 is 0. The quantitative estimate of drug-likeness (QED) is 0.674. The monoisotopic (exact) mass is 383 g/mol. The van der Waals surface area contributed by atoms with Gasteiger partial charge in [-0.3, -0.25) is 9.78 Å². The summed E-state index contributed by atoms with van der Waals surface area (Å²) in [6.07, 6.45) is 0. The number of hydrogen-bond donors (Lipinski definition) is 2. The number of rotatable bonds is 6. The van der Waals surface area contributed by atoms with E-state index in [4.69, 9.17) is 14.6 Å². The van der Waals surface area contributed by atoms with Gasteiger partial charge in [-0.05, 0) is 24.6 Å². The molecule has 0 saturated carbocycles. The van der Waals surface area contributed by atoms with E-state index in [-0.39, 0.29) is 11.1 Å². The van der Waals surface area contributed by atoms with Crippen molar-refractivity contribution in [2.45, 2.75) is 13.5 Å². The van der Waals surface area contributed by atoms with E-state index in [1.54, 1.807) is 37.1 Å². The molecule has 0 atom stereocenters. The minimum absolute atomic E-state index is 0.207. The molecule has 0 spiro atoms. The molecule has 8 nitrogen and oxygen atoms in total. The minimum atomic E-state index is -0.988. The molecule has 2 aromatic carbocycles. The van der Waals surface area contributed by atoms with E-state index >= 15 is 0 Å². The van der Waals surface area contributed by atoms with Gasteiger partial charge in [-0.2, -0.15) is 0 Å². The van der Waals surface area contributed by atoms with Gasteiger partial charge in [-0.15, -0.1) is 0 Å². The molecule has 146 valence electrons. The molecule has 8 heteroatoms. The van der Waals surface area contributed by atoms with Crippen LogP contribution in [0.5, 0.6) is 11.5 Å². The van der Waals surface area contributed by atoms with E-state index in [1.807, 2.05) is 6.07 Å². The van der Waals surface area contributed by atoms with Crippen molar-refractivity contribution in [3.8, 4) is 11.5 Å². The fraction of sp³-hybridized carbons (Fsp3) is 0.250. The van der Waals surface area contributed by atoms with Gasteiger partial charge >= 0.3 is 5.97 Å². The number of hydrogen-bond acceptors (Lipinski definition) is 6. The van der Waals surface area contributed by atoms with Gasteiger partial charge in [0.1, 0.15) is 0 Å². The molecule has 0 bridgehead atoms. The van der Waals surface area contributed by atoms with E-state index in [0.717, 1.165) is 5.56 Å². The Morgan fingerprint density at radius 1 is 1.25 bits per heavy atom. The highest BCUT2D eigenvalue weighted by Crippen LogP contribution is 2.35. The number of nitrogens with one attached hydrogen (secondary N) is 1. The normalized spacial score (nSPS) is 10.7. The number of aromatic nitrogens is 2. The molecule has 0 amide bonds. The van der Waals surface area contributed by atoms with Gasteiger partial charge in [0.15, 0.2) is 11.5 Å². The van der Waals surface area contributed by atoms with Gasteiger partial charge in [-0.1, -0.05) is 12.1 Å². The first kappa shape index (κ1) is 19.2. The fourth-order valence-corrected chi connectivity index (χ4v) is 3.17. The summed E-state index contributed by atoms with van der Waals surface area (Å²) in [6, 6.07) is 8.29. The summed E-state index contributed by atoms with van der Waals surface area (Å²) in [5.41, 5.74) is 1.84. The molecule has 28 heavy (non-hydrogen) atoms. The maximum absolute atomic E-state index is 12.7. The van der Waals surface area contributed by atoms with E-state index in [9.17, 15) is 9.59 Å². The number of nitrogens with zero attached hydrogens (tertiary/aromatic N) is 2. The Kier molecular flexibility index (Phi) is 5.21. The fourth-order valence-electron chi connectivity index (χ4n) is 3.17. The van der Waals surface area contributed by atoms with Gasteiger partial charge < -0.3 is 19.5 Å². The summed E-state index contributed by atoms with van der Waals surface area (Å²) in [6.45, 7) is 2.16. The van der Waals surface area contributed by atoms with E-state index in [1.165, 1.54) is 20.3 Å². The Labute approximate surface area is 161 Å². The number of aryl methyl sites for hydroxylation is 1. The summed E-state index contributed by atoms with van der Waals surface area (Å²) in [7, 11) is 4.82. The van der Waals surface area contributed by atoms with Crippen LogP contribution >= 0.6 is 0 Å². The van der Waals surface area contributed by atoms with E-state index in [2.05, 4.69) is 9.97 Å². The van der Waals surface area contributed by atoms with Gasteiger partial charge in [0.05, 0.1) is 30.7 Å². The molecule has 1 aromatic heterocycles. The van der Waals surface area contributed by atoms with Gasteiger partial charge in [0.2, 0.25) is 5.95 Å². The number of aromatic amines is 1. The number of ether oxygens (including phenoxy) is 2. The van der Waals surface area contributed by atoms with Crippen molar-refractivity contribution in [2.75, 3.05) is 26.2 Å². The Balaban J connectivity index is 2.03. The molecule has 0 saturated heterocycles. The predicted molar refractivity (Wildman–Crippen MR) is 106 cm³/mol. The molecule has 1 heterocycles. The van der Waals surface area contributed by atoms with Crippen LogP contribution in [0.4, 0.5) is 5.95 Å². The van der Waals surface area contributed by atoms with Gasteiger partial charge in [0, 0.05) is 25.2 Å². The summed E-state index contributed by atoms with van der Waals surface area (Å²) in [5.74, 6) is 0.366. The van der Waals surface area contributed by atoms with E-state index in [0.29, 0.717) is 40.5 Å². The van der Waals surface area contributed by atoms with Crippen molar-refractivity contribution in [3.63, 3.8) is 0 Å². The second-order valence-electron chi connectivity index (χ2n) is 6.38. The Hall–Kier alpha value is -3.55. The topological polar surface area (TPSA) is 105 Å². The lowest BCUT2D eigenvalue weighted by Crippen LogP contribution is -2.23. The zero-order valence-electron chi connectivity index (χ0n) is 16.1. The number of benzene rings is 2. The standard InChI is InChI=1S/C20H21N3O5/c1-11-16-14(9-15(27-3)17(11)28-4)21-20(22-18(16)24)23(2)10-12-6-5-7-13(8-12)19(25)26/h5-9H,10H2,1-4H3,(H,25,26)(H,21,22,24). The van der Waals surface area contributed by atoms with Crippen molar-refractivity contribution in [3.05, 3.63) is 57.4 Å². The molecule has 0 aliphatic carbocycles. The third-order valence-electron chi connectivity index (χ3n) is 4.52. The first-order valence-corrected chi connectivity index (χ1v) is 8.54. The lowest BCUT2D eigenvalue weighted by Gasteiger charge is -2.19. The second kappa shape index (κ2) is 7.59.